The predicted molar refractivity (Wildman–Crippen MR) is 71.3 cm³/mol. The van der Waals surface area contributed by atoms with Crippen molar-refractivity contribution < 1.29 is 4.74 Å². The molecule has 3 unspecified atom stereocenters. The van der Waals surface area contributed by atoms with Gasteiger partial charge in [0, 0.05) is 25.7 Å². The first kappa shape index (κ1) is 13.3. The lowest BCUT2D eigenvalue weighted by Crippen LogP contribution is -2.54. The van der Waals surface area contributed by atoms with Gasteiger partial charge in [0.2, 0.25) is 0 Å². The fourth-order valence-corrected chi connectivity index (χ4v) is 3.20. The standard InChI is InChI=1S/C14H28N2O/c1-4-14(6-5-7-15-10-14)11-16-8-13(3)17-9-12(16)2/h12-13,15H,4-11H2,1-3H3. The highest BCUT2D eigenvalue weighted by Crippen LogP contribution is 2.32. The molecule has 1 N–H and O–H groups in total. The number of piperidine rings is 1. The van der Waals surface area contributed by atoms with Crippen molar-refractivity contribution in [1.29, 1.82) is 0 Å². The number of morpholine rings is 1. The van der Waals surface area contributed by atoms with E-state index in [0.717, 1.165) is 13.2 Å². The average Bonchev–Trinajstić information content (AvgIpc) is 2.35. The number of nitrogens with zero attached hydrogens (tertiary/aromatic N) is 1. The van der Waals surface area contributed by atoms with Crippen LogP contribution in [0.2, 0.25) is 0 Å². The molecule has 17 heavy (non-hydrogen) atoms. The fraction of sp³-hybridized carbons (Fsp3) is 1.00. The van der Waals surface area contributed by atoms with Gasteiger partial charge in [0.25, 0.3) is 0 Å². The molecule has 0 saturated carbocycles. The summed E-state index contributed by atoms with van der Waals surface area (Å²) in [6.45, 7) is 12.5. The maximum absolute atomic E-state index is 5.72. The highest BCUT2D eigenvalue weighted by Gasteiger charge is 2.35. The zero-order chi connectivity index (χ0) is 12.3. The van der Waals surface area contributed by atoms with E-state index in [1.807, 2.05) is 0 Å². The molecule has 0 bridgehead atoms. The Kier molecular flexibility index (Phi) is 4.45. The Morgan fingerprint density at radius 3 is 2.88 bits per heavy atom. The second kappa shape index (κ2) is 5.68. The van der Waals surface area contributed by atoms with E-state index < -0.39 is 0 Å². The van der Waals surface area contributed by atoms with Crippen molar-refractivity contribution >= 4 is 0 Å². The molecule has 0 aromatic carbocycles. The van der Waals surface area contributed by atoms with Crippen molar-refractivity contribution in [1.82, 2.24) is 10.2 Å². The third kappa shape index (κ3) is 3.21. The van der Waals surface area contributed by atoms with Crippen molar-refractivity contribution in [3.63, 3.8) is 0 Å². The maximum atomic E-state index is 5.72. The summed E-state index contributed by atoms with van der Waals surface area (Å²) >= 11 is 0. The van der Waals surface area contributed by atoms with Gasteiger partial charge in [0.15, 0.2) is 0 Å². The van der Waals surface area contributed by atoms with Crippen LogP contribution in [0, 0.1) is 5.41 Å². The Balaban J connectivity index is 1.96. The van der Waals surface area contributed by atoms with E-state index in [0.29, 0.717) is 17.6 Å². The van der Waals surface area contributed by atoms with Gasteiger partial charge in [-0.25, -0.2) is 0 Å². The van der Waals surface area contributed by atoms with Crippen molar-refractivity contribution in [2.75, 3.05) is 32.8 Å². The van der Waals surface area contributed by atoms with E-state index in [-0.39, 0.29) is 0 Å². The number of nitrogens with one attached hydrogen (secondary N) is 1. The molecule has 0 aromatic rings. The highest BCUT2D eigenvalue weighted by atomic mass is 16.5. The summed E-state index contributed by atoms with van der Waals surface area (Å²) in [6, 6.07) is 0.580. The Morgan fingerprint density at radius 2 is 2.24 bits per heavy atom. The van der Waals surface area contributed by atoms with Crippen LogP contribution in [-0.4, -0.2) is 49.8 Å². The van der Waals surface area contributed by atoms with E-state index in [4.69, 9.17) is 4.74 Å². The van der Waals surface area contributed by atoms with Gasteiger partial charge in [-0.15, -0.1) is 0 Å². The molecule has 2 heterocycles. The summed E-state index contributed by atoms with van der Waals surface area (Å²) in [4.78, 5) is 2.64. The molecule has 2 rings (SSSR count). The molecule has 0 aromatic heterocycles. The molecule has 0 radical (unpaired) electrons. The third-order valence-electron chi connectivity index (χ3n) is 4.59. The Labute approximate surface area is 106 Å². The molecule has 2 saturated heterocycles. The first-order valence-electron chi connectivity index (χ1n) is 7.21. The van der Waals surface area contributed by atoms with Crippen molar-refractivity contribution in [3.05, 3.63) is 0 Å². The van der Waals surface area contributed by atoms with Crippen LogP contribution in [0.25, 0.3) is 0 Å². The van der Waals surface area contributed by atoms with Crippen LogP contribution in [0.4, 0.5) is 0 Å². The molecular formula is C14H28N2O. The van der Waals surface area contributed by atoms with Crippen LogP contribution in [0.1, 0.15) is 40.0 Å². The van der Waals surface area contributed by atoms with Gasteiger partial charge in [0.1, 0.15) is 0 Å². The number of rotatable bonds is 3. The Bertz CT molecular complexity index is 238. The van der Waals surface area contributed by atoms with Gasteiger partial charge in [-0.3, -0.25) is 4.90 Å². The summed E-state index contributed by atoms with van der Waals surface area (Å²) in [7, 11) is 0. The first-order valence-corrected chi connectivity index (χ1v) is 7.21. The summed E-state index contributed by atoms with van der Waals surface area (Å²) in [6.07, 6.45) is 4.41. The second-order valence-corrected chi connectivity index (χ2v) is 6.06. The van der Waals surface area contributed by atoms with Crippen molar-refractivity contribution in [2.45, 2.75) is 52.2 Å². The minimum atomic E-state index is 0.400. The third-order valence-corrected chi connectivity index (χ3v) is 4.59. The predicted octanol–water partition coefficient (Wildman–Crippen LogP) is 1.88. The van der Waals surface area contributed by atoms with Gasteiger partial charge < -0.3 is 10.1 Å². The van der Waals surface area contributed by atoms with Crippen LogP contribution in [0.15, 0.2) is 0 Å². The molecule has 2 fully saturated rings. The molecule has 0 amide bonds. The lowest BCUT2D eigenvalue weighted by molar-refractivity contribution is -0.0659. The summed E-state index contributed by atoms with van der Waals surface area (Å²) in [5, 5.41) is 3.58. The van der Waals surface area contributed by atoms with Gasteiger partial charge in [-0.2, -0.15) is 0 Å². The minimum absolute atomic E-state index is 0.400. The smallest absolute Gasteiger partial charge is 0.0674 e. The minimum Gasteiger partial charge on any atom is -0.376 e. The summed E-state index contributed by atoms with van der Waals surface area (Å²) < 4.78 is 5.72. The van der Waals surface area contributed by atoms with Gasteiger partial charge in [0.05, 0.1) is 12.7 Å². The Morgan fingerprint density at radius 1 is 1.41 bits per heavy atom. The zero-order valence-electron chi connectivity index (χ0n) is 11.7. The molecule has 100 valence electrons. The zero-order valence-corrected chi connectivity index (χ0v) is 11.7. The van der Waals surface area contributed by atoms with E-state index in [2.05, 4.69) is 31.0 Å². The van der Waals surface area contributed by atoms with Crippen molar-refractivity contribution in [2.24, 2.45) is 5.41 Å². The van der Waals surface area contributed by atoms with Crippen molar-refractivity contribution in [3.8, 4) is 0 Å². The molecule has 2 aliphatic rings. The lowest BCUT2D eigenvalue weighted by atomic mass is 9.77. The average molecular weight is 240 g/mol. The molecule has 3 heteroatoms. The number of ether oxygens (including phenoxy) is 1. The summed E-state index contributed by atoms with van der Waals surface area (Å²) in [5.74, 6) is 0. The van der Waals surface area contributed by atoms with Crippen LogP contribution in [-0.2, 0) is 4.74 Å². The van der Waals surface area contributed by atoms with E-state index >= 15 is 0 Å². The quantitative estimate of drug-likeness (QED) is 0.815. The molecule has 3 atom stereocenters. The summed E-state index contributed by atoms with van der Waals surface area (Å²) in [5.41, 5.74) is 0.504. The van der Waals surface area contributed by atoms with E-state index in [1.54, 1.807) is 0 Å². The monoisotopic (exact) mass is 240 g/mol. The molecule has 2 aliphatic heterocycles. The number of hydrogen-bond acceptors (Lipinski definition) is 3. The van der Waals surface area contributed by atoms with E-state index in [9.17, 15) is 0 Å². The van der Waals surface area contributed by atoms with Crippen LogP contribution >= 0.6 is 0 Å². The van der Waals surface area contributed by atoms with Gasteiger partial charge >= 0.3 is 0 Å². The Hall–Kier alpha value is -0.120. The molecule has 3 nitrogen and oxygen atoms in total. The SMILES string of the molecule is CCC1(CN2CC(C)OCC2C)CCCNC1. The first-order chi connectivity index (χ1) is 8.15. The van der Waals surface area contributed by atoms with Gasteiger partial charge in [-0.1, -0.05) is 6.92 Å². The topological polar surface area (TPSA) is 24.5 Å². The lowest BCUT2D eigenvalue weighted by Gasteiger charge is -2.45. The normalized spacial score (nSPS) is 40.4. The fourth-order valence-electron chi connectivity index (χ4n) is 3.20. The van der Waals surface area contributed by atoms with Crippen LogP contribution < -0.4 is 5.32 Å². The molecule has 0 spiro atoms. The van der Waals surface area contributed by atoms with Crippen LogP contribution in [0.3, 0.4) is 0 Å². The van der Waals surface area contributed by atoms with E-state index in [1.165, 1.54) is 38.9 Å². The number of hydrogen-bond donors (Lipinski definition) is 1. The highest BCUT2D eigenvalue weighted by molar-refractivity contribution is 4.89. The second-order valence-electron chi connectivity index (χ2n) is 6.06. The largest absolute Gasteiger partial charge is 0.376 e. The van der Waals surface area contributed by atoms with Gasteiger partial charge in [-0.05, 0) is 45.1 Å². The van der Waals surface area contributed by atoms with Crippen LogP contribution in [0.5, 0.6) is 0 Å². The molecular weight excluding hydrogens is 212 g/mol. The molecule has 0 aliphatic carbocycles. The maximum Gasteiger partial charge on any atom is 0.0674 e.